The van der Waals surface area contributed by atoms with Gasteiger partial charge >= 0.3 is 0 Å². The fourth-order valence-corrected chi connectivity index (χ4v) is 1.75. The van der Waals surface area contributed by atoms with E-state index in [1.807, 2.05) is 0 Å². The molecule has 1 fully saturated rings. The van der Waals surface area contributed by atoms with Crippen molar-refractivity contribution in [1.82, 2.24) is 0 Å². The molecule has 13 heavy (non-hydrogen) atoms. The average Bonchev–Trinajstić information content (AvgIpc) is 2.05. The van der Waals surface area contributed by atoms with Gasteiger partial charge in [-0.1, -0.05) is 12.1 Å². The average molecular weight is 183 g/mol. The first-order chi connectivity index (χ1) is 6.18. The molecule has 0 heterocycles. The highest BCUT2D eigenvalue weighted by molar-refractivity contribution is 5.25. The summed E-state index contributed by atoms with van der Waals surface area (Å²) in [6.07, 6.45) is 1.53. The number of hydrogen-bond donors (Lipinski definition) is 1. The molecule has 0 unspecified atom stereocenters. The number of nitrogens with two attached hydrogens (primary N) is 1. The van der Waals surface area contributed by atoms with Crippen molar-refractivity contribution >= 4 is 0 Å². The van der Waals surface area contributed by atoms with E-state index in [1.54, 1.807) is 6.07 Å². The lowest BCUT2D eigenvalue weighted by atomic mass is 9.76. The summed E-state index contributed by atoms with van der Waals surface area (Å²) in [6.45, 7) is 0. The Morgan fingerprint density at radius 1 is 1.23 bits per heavy atom. The van der Waals surface area contributed by atoms with E-state index in [4.69, 9.17) is 5.73 Å². The number of halogens is 2. The third kappa shape index (κ3) is 1.44. The second kappa shape index (κ2) is 3.07. The molecule has 1 aliphatic carbocycles. The van der Waals surface area contributed by atoms with E-state index in [2.05, 4.69) is 0 Å². The predicted molar refractivity (Wildman–Crippen MR) is 46.3 cm³/mol. The lowest BCUT2D eigenvalue weighted by molar-refractivity contribution is 0.337. The van der Waals surface area contributed by atoms with Crippen LogP contribution in [0.25, 0.3) is 0 Å². The molecular weight excluding hydrogens is 172 g/mol. The molecule has 1 aliphatic rings. The molecule has 1 saturated carbocycles. The summed E-state index contributed by atoms with van der Waals surface area (Å²) in [4.78, 5) is 0. The van der Waals surface area contributed by atoms with Gasteiger partial charge in [-0.3, -0.25) is 0 Å². The minimum Gasteiger partial charge on any atom is -0.328 e. The Bertz CT molecular complexity index is 319. The molecular formula is C10H11F2N. The van der Waals surface area contributed by atoms with E-state index >= 15 is 0 Å². The van der Waals surface area contributed by atoms with Gasteiger partial charge in [0, 0.05) is 6.04 Å². The quantitative estimate of drug-likeness (QED) is 0.709. The standard InChI is InChI=1S/C10H11F2N/c11-9-3-1-2-8(10(9)12)6-4-7(13)5-6/h1-3,6-7H,4-5,13H2. The van der Waals surface area contributed by atoms with Gasteiger partial charge in [-0.05, 0) is 30.4 Å². The first-order valence-corrected chi connectivity index (χ1v) is 4.38. The van der Waals surface area contributed by atoms with Crippen LogP contribution in [0.1, 0.15) is 24.3 Å². The summed E-state index contributed by atoms with van der Waals surface area (Å²) in [7, 11) is 0. The van der Waals surface area contributed by atoms with Gasteiger partial charge in [-0.15, -0.1) is 0 Å². The molecule has 0 amide bonds. The van der Waals surface area contributed by atoms with Crippen molar-refractivity contribution in [2.75, 3.05) is 0 Å². The van der Waals surface area contributed by atoms with Crippen LogP contribution in [0, 0.1) is 11.6 Å². The van der Waals surface area contributed by atoms with Crippen molar-refractivity contribution in [2.45, 2.75) is 24.8 Å². The molecule has 0 aliphatic heterocycles. The predicted octanol–water partition coefficient (Wildman–Crippen LogP) is 2.17. The molecule has 1 aromatic rings. The van der Waals surface area contributed by atoms with E-state index in [0.717, 1.165) is 18.9 Å². The minimum absolute atomic E-state index is 0.116. The van der Waals surface area contributed by atoms with Gasteiger partial charge in [0.1, 0.15) is 0 Å². The van der Waals surface area contributed by atoms with Gasteiger partial charge in [0.15, 0.2) is 11.6 Å². The van der Waals surface area contributed by atoms with E-state index in [-0.39, 0.29) is 12.0 Å². The van der Waals surface area contributed by atoms with Gasteiger partial charge in [0.05, 0.1) is 0 Å². The summed E-state index contributed by atoms with van der Waals surface area (Å²) in [5, 5.41) is 0. The Morgan fingerprint density at radius 2 is 1.92 bits per heavy atom. The second-order valence-electron chi connectivity index (χ2n) is 3.57. The molecule has 0 atom stereocenters. The highest BCUT2D eigenvalue weighted by Crippen LogP contribution is 2.37. The first-order valence-electron chi connectivity index (χ1n) is 4.38. The molecule has 1 aromatic carbocycles. The van der Waals surface area contributed by atoms with Gasteiger partial charge in [0.2, 0.25) is 0 Å². The van der Waals surface area contributed by atoms with Gasteiger partial charge in [0.25, 0.3) is 0 Å². The molecule has 3 heteroatoms. The maximum absolute atomic E-state index is 13.2. The van der Waals surface area contributed by atoms with Gasteiger partial charge < -0.3 is 5.73 Å². The van der Waals surface area contributed by atoms with Crippen molar-refractivity contribution in [3.8, 4) is 0 Å². The van der Waals surface area contributed by atoms with Crippen molar-refractivity contribution < 1.29 is 8.78 Å². The van der Waals surface area contributed by atoms with Crippen LogP contribution in [0.5, 0.6) is 0 Å². The van der Waals surface area contributed by atoms with Gasteiger partial charge in [-0.2, -0.15) is 0 Å². The van der Waals surface area contributed by atoms with E-state index < -0.39 is 11.6 Å². The molecule has 2 rings (SSSR count). The Kier molecular flexibility index (Phi) is 2.04. The molecule has 0 spiro atoms. The largest absolute Gasteiger partial charge is 0.328 e. The van der Waals surface area contributed by atoms with Crippen molar-refractivity contribution in [3.63, 3.8) is 0 Å². The lowest BCUT2D eigenvalue weighted by Gasteiger charge is -2.32. The molecule has 2 N–H and O–H groups in total. The third-order valence-corrected chi connectivity index (χ3v) is 2.60. The van der Waals surface area contributed by atoms with Crippen LogP contribution in [0.3, 0.4) is 0 Å². The zero-order chi connectivity index (χ0) is 9.42. The molecule has 1 nitrogen and oxygen atoms in total. The molecule has 70 valence electrons. The Labute approximate surface area is 75.6 Å². The number of hydrogen-bond acceptors (Lipinski definition) is 1. The highest BCUT2D eigenvalue weighted by Gasteiger charge is 2.29. The summed E-state index contributed by atoms with van der Waals surface area (Å²) >= 11 is 0. The maximum Gasteiger partial charge on any atom is 0.162 e. The van der Waals surface area contributed by atoms with Crippen LogP contribution in [0.4, 0.5) is 8.78 Å². The zero-order valence-electron chi connectivity index (χ0n) is 7.13. The summed E-state index contributed by atoms with van der Waals surface area (Å²) in [6, 6.07) is 4.47. The van der Waals surface area contributed by atoms with Crippen LogP contribution in [0.2, 0.25) is 0 Å². The van der Waals surface area contributed by atoms with Crippen molar-refractivity contribution in [2.24, 2.45) is 5.73 Å². The Balaban J connectivity index is 2.26. The van der Waals surface area contributed by atoms with Crippen LogP contribution in [-0.2, 0) is 0 Å². The smallest absolute Gasteiger partial charge is 0.162 e. The number of rotatable bonds is 1. The Morgan fingerprint density at radius 3 is 2.54 bits per heavy atom. The molecule has 0 radical (unpaired) electrons. The van der Waals surface area contributed by atoms with E-state index in [9.17, 15) is 8.78 Å². The maximum atomic E-state index is 13.2. The van der Waals surface area contributed by atoms with Crippen LogP contribution in [0.15, 0.2) is 18.2 Å². The fraction of sp³-hybridized carbons (Fsp3) is 0.400. The van der Waals surface area contributed by atoms with Crippen LogP contribution >= 0.6 is 0 Å². The summed E-state index contributed by atoms with van der Waals surface area (Å²) < 4.78 is 26.0. The highest BCUT2D eigenvalue weighted by atomic mass is 19.2. The normalized spacial score (nSPS) is 27.0. The van der Waals surface area contributed by atoms with Crippen LogP contribution < -0.4 is 5.73 Å². The molecule has 0 aromatic heterocycles. The molecule has 0 bridgehead atoms. The van der Waals surface area contributed by atoms with Crippen LogP contribution in [-0.4, -0.2) is 6.04 Å². The Hall–Kier alpha value is -0.960. The first kappa shape index (κ1) is 8.63. The summed E-state index contributed by atoms with van der Waals surface area (Å²) in [5.74, 6) is -1.36. The minimum atomic E-state index is -0.766. The lowest BCUT2D eigenvalue weighted by Crippen LogP contribution is -2.35. The van der Waals surface area contributed by atoms with Crippen molar-refractivity contribution in [1.29, 1.82) is 0 Å². The topological polar surface area (TPSA) is 26.0 Å². The van der Waals surface area contributed by atoms with Gasteiger partial charge in [-0.25, -0.2) is 8.78 Å². The summed E-state index contributed by atoms with van der Waals surface area (Å²) in [5.41, 5.74) is 6.05. The SMILES string of the molecule is NC1CC(c2cccc(F)c2F)C1. The monoisotopic (exact) mass is 183 g/mol. The van der Waals surface area contributed by atoms with E-state index in [0.29, 0.717) is 5.56 Å². The van der Waals surface area contributed by atoms with Crippen molar-refractivity contribution in [3.05, 3.63) is 35.4 Å². The zero-order valence-corrected chi connectivity index (χ0v) is 7.13. The molecule has 0 saturated heterocycles. The fourth-order valence-electron chi connectivity index (χ4n) is 1.75. The number of benzene rings is 1. The second-order valence-corrected chi connectivity index (χ2v) is 3.57. The van der Waals surface area contributed by atoms with E-state index in [1.165, 1.54) is 6.07 Å². The third-order valence-electron chi connectivity index (χ3n) is 2.60.